The molecule has 0 radical (unpaired) electrons. The molecule has 0 fully saturated rings. The Labute approximate surface area is 131 Å². The summed E-state index contributed by atoms with van der Waals surface area (Å²) in [5, 5.41) is 4.36. The first-order valence-electron chi connectivity index (χ1n) is 6.71. The van der Waals surface area contributed by atoms with Gasteiger partial charge in [0.2, 0.25) is 0 Å². The van der Waals surface area contributed by atoms with Gasteiger partial charge in [0.05, 0.1) is 11.2 Å². The molecule has 0 amide bonds. The van der Waals surface area contributed by atoms with Crippen molar-refractivity contribution in [3.63, 3.8) is 0 Å². The summed E-state index contributed by atoms with van der Waals surface area (Å²) in [5.74, 6) is 0. The number of nitrogens with two attached hydrogens (primary N) is 1. The Kier molecular flexibility index (Phi) is 4.01. The number of pyridine rings is 2. The Morgan fingerprint density at radius 3 is 2.86 bits per heavy atom. The zero-order valence-corrected chi connectivity index (χ0v) is 13.0. The van der Waals surface area contributed by atoms with Crippen LogP contribution in [-0.4, -0.2) is 16.5 Å². The highest BCUT2D eigenvalue weighted by Gasteiger charge is 2.06. The van der Waals surface area contributed by atoms with Crippen molar-refractivity contribution in [2.24, 2.45) is 0 Å². The van der Waals surface area contributed by atoms with Gasteiger partial charge in [-0.15, -0.1) is 0 Å². The van der Waals surface area contributed by atoms with Gasteiger partial charge < -0.3 is 11.1 Å². The number of nitrogens with one attached hydrogen (secondary N) is 1. The van der Waals surface area contributed by atoms with Crippen LogP contribution in [-0.2, 0) is 6.42 Å². The fraction of sp³-hybridized carbons (Fsp3) is 0.125. The minimum absolute atomic E-state index is 0.731. The monoisotopic (exact) mass is 342 g/mol. The minimum Gasteiger partial charge on any atom is -0.398 e. The molecule has 0 atom stereocenters. The second-order valence-corrected chi connectivity index (χ2v) is 5.67. The molecular formula is C16H15BrN4. The summed E-state index contributed by atoms with van der Waals surface area (Å²) in [4.78, 5) is 8.78. The Hall–Kier alpha value is -2.14. The van der Waals surface area contributed by atoms with E-state index in [2.05, 4.69) is 31.2 Å². The summed E-state index contributed by atoms with van der Waals surface area (Å²) in [5.41, 5.74) is 9.69. The van der Waals surface area contributed by atoms with E-state index in [1.54, 1.807) is 6.20 Å². The molecule has 0 saturated carbocycles. The van der Waals surface area contributed by atoms with E-state index < -0.39 is 0 Å². The lowest BCUT2D eigenvalue weighted by atomic mass is 10.1. The van der Waals surface area contributed by atoms with E-state index in [0.29, 0.717) is 0 Å². The highest BCUT2D eigenvalue weighted by molar-refractivity contribution is 9.10. The molecule has 0 saturated heterocycles. The van der Waals surface area contributed by atoms with E-state index in [1.807, 2.05) is 42.6 Å². The summed E-state index contributed by atoms with van der Waals surface area (Å²) in [7, 11) is 0. The van der Waals surface area contributed by atoms with Crippen LogP contribution in [0.3, 0.4) is 0 Å². The van der Waals surface area contributed by atoms with E-state index in [0.717, 1.165) is 45.4 Å². The molecule has 5 heteroatoms. The first-order chi connectivity index (χ1) is 10.2. The molecular weight excluding hydrogens is 328 g/mol. The maximum Gasteiger partial charge on any atom is 0.0954 e. The average molecular weight is 343 g/mol. The molecule has 0 aliphatic carbocycles. The third kappa shape index (κ3) is 3.13. The number of fused-ring (bicyclic) bond motifs is 1. The molecule has 2 heterocycles. The second kappa shape index (κ2) is 6.10. The maximum absolute atomic E-state index is 6.02. The van der Waals surface area contributed by atoms with Crippen molar-refractivity contribution in [3.8, 4) is 0 Å². The third-order valence-corrected chi connectivity index (χ3v) is 3.71. The number of hydrogen-bond acceptors (Lipinski definition) is 4. The highest BCUT2D eigenvalue weighted by atomic mass is 79.9. The number of nitrogens with zero attached hydrogens (tertiary/aromatic N) is 2. The van der Waals surface area contributed by atoms with Gasteiger partial charge in [0.1, 0.15) is 0 Å². The zero-order chi connectivity index (χ0) is 14.7. The number of nitrogen functional groups attached to an aromatic ring is 1. The van der Waals surface area contributed by atoms with E-state index in [1.165, 1.54) is 0 Å². The van der Waals surface area contributed by atoms with Crippen molar-refractivity contribution in [1.82, 2.24) is 9.97 Å². The Morgan fingerprint density at radius 1 is 1.14 bits per heavy atom. The predicted molar refractivity (Wildman–Crippen MR) is 90.3 cm³/mol. The first-order valence-corrected chi connectivity index (χ1v) is 7.51. The van der Waals surface area contributed by atoms with Crippen molar-refractivity contribution in [1.29, 1.82) is 0 Å². The molecule has 1 aromatic carbocycles. The Bertz CT molecular complexity index is 759. The van der Waals surface area contributed by atoms with Crippen LogP contribution in [0.4, 0.5) is 11.4 Å². The van der Waals surface area contributed by atoms with E-state index in [9.17, 15) is 0 Å². The standard InChI is InChI=1S/C16H15BrN4/c17-11-9-13-14(18)4-5-15(16(13)21-10-11)20-8-6-12-3-1-2-7-19-12/h1-5,7,9-10,20H,6,8,18H2. The van der Waals surface area contributed by atoms with Crippen LogP contribution in [0, 0.1) is 0 Å². The molecule has 0 spiro atoms. The first kappa shape index (κ1) is 13.8. The summed E-state index contributed by atoms with van der Waals surface area (Å²) >= 11 is 3.43. The Balaban J connectivity index is 1.80. The summed E-state index contributed by atoms with van der Waals surface area (Å²) < 4.78 is 0.923. The molecule has 0 aliphatic rings. The van der Waals surface area contributed by atoms with Gasteiger partial charge in [-0.2, -0.15) is 0 Å². The number of aromatic nitrogens is 2. The molecule has 3 aromatic rings. The number of anilines is 2. The van der Waals surface area contributed by atoms with Crippen molar-refractivity contribution in [3.05, 3.63) is 59.0 Å². The quantitative estimate of drug-likeness (QED) is 0.710. The molecule has 0 aliphatic heterocycles. The van der Waals surface area contributed by atoms with E-state index in [4.69, 9.17) is 5.73 Å². The third-order valence-electron chi connectivity index (χ3n) is 3.27. The van der Waals surface area contributed by atoms with E-state index in [-0.39, 0.29) is 0 Å². The van der Waals surface area contributed by atoms with Gasteiger partial charge in [-0.05, 0) is 46.3 Å². The smallest absolute Gasteiger partial charge is 0.0954 e. The molecule has 0 bridgehead atoms. The molecule has 21 heavy (non-hydrogen) atoms. The van der Waals surface area contributed by atoms with Crippen LogP contribution in [0.5, 0.6) is 0 Å². The number of halogens is 1. The van der Waals surface area contributed by atoms with Gasteiger partial charge in [-0.3, -0.25) is 9.97 Å². The molecule has 106 valence electrons. The van der Waals surface area contributed by atoms with Crippen LogP contribution < -0.4 is 11.1 Å². The largest absolute Gasteiger partial charge is 0.398 e. The maximum atomic E-state index is 6.02. The summed E-state index contributed by atoms with van der Waals surface area (Å²) in [6.07, 6.45) is 4.46. The van der Waals surface area contributed by atoms with Crippen molar-refractivity contribution in [2.75, 3.05) is 17.6 Å². The molecule has 0 unspecified atom stereocenters. The molecule has 3 N–H and O–H groups in total. The van der Waals surface area contributed by atoms with Crippen molar-refractivity contribution < 1.29 is 0 Å². The second-order valence-electron chi connectivity index (χ2n) is 4.75. The normalized spacial score (nSPS) is 10.7. The molecule has 4 nitrogen and oxygen atoms in total. The summed E-state index contributed by atoms with van der Waals surface area (Å²) in [6.45, 7) is 0.799. The lowest BCUT2D eigenvalue weighted by Crippen LogP contribution is -2.07. The van der Waals surface area contributed by atoms with Gasteiger partial charge in [0, 0.05) is 46.6 Å². The van der Waals surface area contributed by atoms with Gasteiger partial charge in [0.25, 0.3) is 0 Å². The van der Waals surface area contributed by atoms with Crippen molar-refractivity contribution >= 4 is 38.2 Å². The molecule has 2 aromatic heterocycles. The number of benzene rings is 1. The van der Waals surface area contributed by atoms with Gasteiger partial charge >= 0.3 is 0 Å². The number of rotatable bonds is 4. The number of hydrogen-bond donors (Lipinski definition) is 2. The van der Waals surface area contributed by atoms with Gasteiger partial charge in [-0.25, -0.2) is 0 Å². The SMILES string of the molecule is Nc1ccc(NCCc2ccccn2)c2ncc(Br)cc12. The van der Waals surface area contributed by atoms with E-state index >= 15 is 0 Å². The van der Waals surface area contributed by atoms with Crippen LogP contribution in [0.1, 0.15) is 5.69 Å². The summed E-state index contributed by atoms with van der Waals surface area (Å²) in [6, 6.07) is 11.8. The fourth-order valence-electron chi connectivity index (χ4n) is 2.23. The lowest BCUT2D eigenvalue weighted by Gasteiger charge is -2.10. The average Bonchev–Trinajstić information content (AvgIpc) is 2.51. The van der Waals surface area contributed by atoms with Crippen LogP contribution in [0.2, 0.25) is 0 Å². The minimum atomic E-state index is 0.731. The van der Waals surface area contributed by atoms with Crippen LogP contribution in [0.15, 0.2) is 53.3 Å². The highest BCUT2D eigenvalue weighted by Crippen LogP contribution is 2.28. The van der Waals surface area contributed by atoms with Gasteiger partial charge in [-0.1, -0.05) is 6.07 Å². The topological polar surface area (TPSA) is 63.8 Å². The van der Waals surface area contributed by atoms with Gasteiger partial charge in [0.15, 0.2) is 0 Å². The van der Waals surface area contributed by atoms with Crippen molar-refractivity contribution in [2.45, 2.75) is 6.42 Å². The molecule has 3 rings (SSSR count). The Morgan fingerprint density at radius 2 is 2.05 bits per heavy atom. The van der Waals surface area contributed by atoms with Crippen LogP contribution in [0.25, 0.3) is 10.9 Å². The zero-order valence-electron chi connectivity index (χ0n) is 11.4. The van der Waals surface area contributed by atoms with Crippen LogP contribution >= 0.6 is 15.9 Å². The predicted octanol–water partition coefficient (Wildman–Crippen LogP) is 3.63. The fourth-order valence-corrected chi connectivity index (χ4v) is 2.56. The lowest BCUT2D eigenvalue weighted by molar-refractivity contribution is 0.962.